The van der Waals surface area contributed by atoms with Crippen LogP contribution in [0.4, 0.5) is 0 Å². The van der Waals surface area contributed by atoms with E-state index in [-0.39, 0.29) is 42.2 Å². The SMILES string of the molecule is COc1ccc(-c2ccnc3cc(C(=O)N4CCN(S(=O)(=O)c5ccccc5)[C@@H](C)C4)nn23)cc1OC. The predicted molar refractivity (Wildman–Crippen MR) is 137 cm³/mol. The second-order valence-corrected chi connectivity index (χ2v) is 10.6. The molecule has 1 aliphatic heterocycles. The minimum Gasteiger partial charge on any atom is -0.493 e. The van der Waals surface area contributed by atoms with Gasteiger partial charge in [0.15, 0.2) is 22.8 Å². The summed E-state index contributed by atoms with van der Waals surface area (Å²) in [6.45, 7) is 2.53. The van der Waals surface area contributed by atoms with Crippen LogP contribution >= 0.6 is 0 Å². The molecule has 2 aromatic carbocycles. The molecule has 192 valence electrons. The van der Waals surface area contributed by atoms with Gasteiger partial charge < -0.3 is 14.4 Å². The van der Waals surface area contributed by atoms with Crippen molar-refractivity contribution in [1.29, 1.82) is 0 Å². The van der Waals surface area contributed by atoms with Crippen molar-refractivity contribution in [1.82, 2.24) is 23.8 Å². The van der Waals surface area contributed by atoms with E-state index in [1.54, 1.807) is 79.2 Å². The zero-order valence-electron chi connectivity index (χ0n) is 20.7. The van der Waals surface area contributed by atoms with Crippen molar-refractivity contribution >= 4 is 21.6 Å². The average molecular weight is 522 g/mol. The lowest BCUT2D eigenvalue weighted by Gasteiger charge is -2.38. The van der Waals surface area contributed by atoms with Crippen LogP contribution in [0, 0.1) is 0 Å². The molecule has 1 aliphatic rings. The molecule has 10 nitrogen and oxygen atoms in total. The summed E-state index contributed by atoms with van der Waals surface area (Å²) in [6.07, 6.45) is 1.66. The highest BCUT2D eigenvalue weighted by atomic mass is 32.2. The van der Waals surface area contributed by atoms with E-state index in [4.69, 9.17) is 9.47 Å². The third kappa shape index (κ3) is 4.51. The highest BCUT2D eigenvalue weighted by Gasteiger charge is 2.36. The number of amides is 1. The number of aromatic nitrogens is 3. The molecule has 4 aromatic rings. The van der Waals surface area contributed by atoms with E-state index >= 15 is 0 Å². The fraction of sp³-hybridized carbons (Fsp3) is 0.269. The van der Waals surface area contributed by atoms with Gasteiger partial charge in [-0.25, -0.2) is 17.9 Å². The zero-order valence-corrected chi connectivity index (χ0v) is 21.6. The Hall–Kier alpha value is -3.96. The fourth-order valence-corrected chi connectivity index (χ4v) is 6.22. The molecule has 0 bridgehead atoms. The van der Waals surface area contributed by atoms with Crippen molar-refractivity contribution in [3.8, 4) is 22.8 Å². The maximum Gasteiger partial charge on any atom is 0.274 e. The molecule has 0 aliphatic carbocycles. The number of carbonyl (C=O) groups excluding carboxylic acids is 1. The van der Waals surface area contributed by atoms with Crippen molar-refractivity contribution in [3.05, 3.63) is 72.6 Å². The van der Waals surface area contributed by atoms with Gasteiger partial charge in [-0.05, 0) is 43.3 Å². The molecule has 0 saturated carbocycles. The normalized spacial score (nSPS) is 16.6. The minimum absolute atomic E-state index is 0.201. The molecule has 37 heavy (non-hydrogen) atoms. The van der Waals surface area contributed by atoms with Gasteiger partial charge in [-0.15, -0.1) is 0 Å². The van der Waals surface area contributed by atoms with Gasteiger partial charge >= 0.3 is 0 Å². The number of methoxy groups -OCH3 is 2. The predicted octanol–water partition coefficient (Wildman–Crippen LogP) is 2.95. The number of carbonyl (C=O) groups is 1. The lowest BCUT2D eigenvalue weighted by Crippen LogP contribution is -2.55. The topological polar surface area (TPSA) is 106 Å². The number of ether oxygens (including phenoxy) is 2. The van der Waals surface area contributed by atoms with E-state index in [1.807, 2.05) is 18.2 Å². The molecule has 2 aromatic heterocycles. The summed E-state index contributed by atoms with van der Waals surface area (Å²) in [5.41, 5.74) is 2.32. The van der Waals surface area contributed by atoms with E-state index in [1.165, 1.54) is 4.31 Å². The molecule has 11 heteroatoms. The third-order valence-corrected chi connectivity index (χ3v) is 8.49. The lowest BCUT2D eigenvalue weighted by atomic mass is 10.1. The summed E-state index contributed by atoms with van der Waals surface area (Å²) in [6, 6.07) is 16.9. The summed E-state index contributed by atoms with van der Waals surface area (Å²) in [5, 5.41) is 4.56. The molecule has 5 rings (SSSR count). The smallest absolute Gasteiger partial charge is 0.274 e. The molecule has 3 heterocycles. The summed E-state index contributed by atoms with van der Waals surface area (Å²) in [5.74, 6) is 0.911. The number of nitrogens with zero attached hydrogens (tertiary/aromatic N) is 5. The minimum atomic E-state index is -3.65. The fourth-order valence-electron chi connectivity index (χ4n) is 4.59. The molecule has 0 unspecified atom stereocenters. The second kappa shape index (κ2) is 9.83. The Bertz CT molecular complexity index is 1550. The maximum atomic E-state index is 13.4. The van der Waals surface area contributed by atoms with E-state index in [9.17, 15) is 13.2 Å². The number of benzene rings is 2. The highest BCUT2D eigenvalue weighted by molar-refractivity contribution is 7.89. The monoisotopic (exact) mass is 521 g/mol. The van der Waals surface area contributed by atoms with E-state index in [0.717, 1.165) is 11.3 Å². The van der Waals surface area contributed by atoms with Crippen LogP contribution in [0.5, 0.6) is 11.5 Å². The maximum absolute atomic E-state index is 13.4. The summed E-state index contributed by atoms with van der Waals surface area (Å²) in [7, 11) is -0.502. The van der Waals surface area contributed by atoms with Gasteiger partial charge in [0.25, 0.3) is 5.91 Å². The molecule has 1 fully saturated rings. The number of sulfonamides is 1. The van der Waals surface area contributed by atoms with Crippen LogP contribution in [0.25, 0.3) is 16.9 Å². The molecule has 1 atom stereocenters. The summed E-state index contributed by atoms with van der Waals surface area (Å²) in [4.78, 5) is 19.6. The first-order valence-corrected chi connectivity index (χ1v) is 13.2. The van der Waals surface area contributed by atoms with Crippen LogP contribution in [0.1, 0.15) is 17.4 Å². The Labute approximate surface area is 215 Å². The van der Waals surface area contributed by atoms with Gasteiger partial charge in [0.05, 0.1) is 24.8 Å². The quantitative estimate of drug-likeness (QED) is 0.384. The first-order valence-electron chi connectivity index (χ1n) is 11.8. The van der Waals surface area contributed by atoms with E-state index < -0.39 is 10.0 Å². The average Bonchev–Trinajstić information content (AvgIpc) is 3.37. The molecule has 0 radical (unpaired) electrons. The Morgan fingerprint density at radius 2 is 1.73 bits per heavy atom. The van der Waals surface area contributed by atoms with E-state index in [2.05, 4.69) is 10.1 Å². The lowest BCUT2D eigenvalue weighted by molar-refractivity contribution is 0.0636. The molecular weight excluding hydrogens is 494 g/mol. The van der Waals surface area contributed by atoms with Gasteiger partial charge in [-0.2, -0.15) is 9.40 Å². The van der Waals surface area contributed by atoms with Crippen LogP contribution in [0.2, 0.25) is 0 Å². The number of hydrogen-bond acceptors (Lipinski definition) is 7. The Morgan fingerprint density at radius 3 is 2.43 bits per heavy atom. The van der Waals surface area contributed by atoms with Crippen molar-refractivity contribution in [2.24, 2.45) is 0 Å². The largest absolute Gasteiger partial charge is 0.493 e. The molecule has 1 saturated heterocycles. The number of piperazine rings is 1. The highest BCUT2D eigenvalue weighted by Crippen LogP contribution is 2.32. The Balaban J connectivity index is 1.39. The molecular formula is C26H27N5O5S. The Kier molecular flexibility index (Phi) is 6.57. The number of hydrogen-bond donors (Lipinski definition) is 0. The molecule has 1 amide bonds. The van der Waals surface area contributed by atoms with Crippen LogP contribution in [0.3, 0.4) is 0 Å². The van der Waals surface area contributed by atoms with Gasteiger partial charge in [0, 0.05) is 43.5 Å². The Morgan fingerprint density at radius 1 is 0.973 bits per heavy atom. The van der Waals surface area contributed by atoms with Crippen LogP contribution in [0.15, 0.2) is 71.8 Å². The van der Waals surface area contributed by atoms with Crippen LogP contribution in [-0.4, -0.2) is 78.0 Å². The first kappa shape index (κ1) is 24.7. The summed E-state index contributed by atoms with van der Waals surface area (Å²) >= 11 is 0. The van der Waals surface area contributed by atoms with Gasteiger partial charge in [-0.3, -0.25) is 4.79 Å². The number of rotatable bonds is 6. The van der Waals surface area contributed by atoms with Crippen molar-refractivity contribution in [3.63, 3.8) is 0 Å². The van der Waals surface area contributed by atoms with Gasteiger partial charge in [-0.1, -0.05) is 18.2 Å². The number of fused-ring (bicyclic) bond motifs is 1. The standard InChI is InChI=1S/C26H27N5O5S/c1-18-17-29(13-14-30(18)37(33,34)20-7-5-4-6-8-20)26(32)21-16-25-27-12-11-22(31(25)28-21)19-9-10-23(35-2)24(15-19)36-3/h4-12,15-16,18H,13-14,17H2,1-3H3/t18-/m0/s1. The van der Waals surface area contributed by atoms with Gasteiger partial charge in [0.2, 0.25) is 10.0 Å². The van der Waals surface area contributed by atoms with Gasteiger partial charge in [0.1, 0.15) is 0 Å². The second-order valence-electron chi connectivity index (χ2n) is 8.73. The molecule has 0 N–H and O–H groups in total. The van der Waals surface area contributed by atoms with Crippen molar-refractivity contribution in [2.75, 3.05) is 33.9 Å². The first-order chi connectivity index (χ1) is 17.8. The zero-order chi connectivity index (χ0) is 26.2. The van der Waals surface area contributed by atoms with Crippen molar-refractivity contribution in [2.45, 2.75) is 17.9 Å². The van der Waals surface area contributed by atoms with Crippen LogP contribution < -0.4 is 9.47 Å². The third-order valence-electron chi connectivity index (χ3n) is 6.46. The van der Waals surface area contributed by atoms with Crippen molar-refractivity contribution < 1.29 is 22.7 Å². The molecule has 0 spiro atoms. The van der Waals surface area contributed by atoms with Crippen LogP contribution in [-0.2, 0) is 10.0 Å². The summed E-state index contributed by atoms with van der Waals surface area (Å²) < 4.78 is 40.0. The van der Waals surface area contributed by atoms with E-state index in [0.29, 0.717) is 17.1 Å².